The molecule has 0 saturated carbocycles. The third kappa shape index (κ3) is 3.66. The number of nitrogens with zero attached hydrogens (tertiary/aromatic N) is 2. The monoisotopic (exact) mass is 412 g/mol. The van der Waals surface area contributed by atoms with Crippen molar-refractivity contribution in [3.63, 3.8) is 0 Å². The van der Waals surface area contributed by atoms with E-state index in [-0.39, 0.29) is 11.3 Å². The molecule has 8 nitrogen and oxygen atoms in total. The zero-order valence-corrected chi connectivity index (χ0v) is 17.0. The van der Waals surface area contributed by atoms with E-state index in [0.29, 0.717) is 49.0 Å². The first-order chi connectivity index (χ1) is 14.5. The molecule has 0 radical (unpaired) electrons. The minimum absolute atomic E-state index is 0.0106. The Bertz CT molecular complexity index is 980. The summed E-state index contributed by atoms with van der Waals surface area (Å²) >= 11 is 0. The van der Waals surface area contributed by atoms with Gasteiger partial charge in [0.05, 0.1) is 11.8 Å². The number of benzene rings is 1. The summed E-state index contributed by atoms with van der Waals surface area (Å²) in [5.74, 6) is -0.146. The third-order valence-corrected chi connectivity index (χ3v) is 5.17. The lowest BCUT2D eigenvalue weighted by Gasteiger charge is -2.24. The molecule has 1 saturated heterocycles. The van der Waals surface area contributed by atoms with Gasteiger partial charge in [0.2, 0.25) is 0 Å². The predicted octanol–water partition coefficient (Wildman–Crippen LogP) is 2.42. The summed E-state index contributed by atoms with van der Waals surface area (Å²) in [7, 11) is 3.89. The van der Waals surface area contributed by atoms with Gasteiger partial charge < -0.3 is 28.8 Å². The van der Waals surface area contributed by atoms with Crippen LogP contribution in [0.1, 0.15) is 23.8 Å². The number of furan rings is 1. The van der Waals surface area contributed by atoms with E-state index < -0.39 is 17.7 Å². The quantitative estimate of drug-likeness (QED) is 0.443. The molecule has 2 aliphatic rings. The molecule has 2 aliphatic heterocycles. The molecular weight excluding hydrogens is 388 g/mol. The Morgan fingerprint density at radius 2 is 1.93 bits per heavy atom. The van der Waals surface area contributed by atoms with E-state index in [1.807, 2.05) is 19.0 Å². The second-order valence-electron chi connectivity index (χ2n) is 7.52. The summed E-state index contributed by atoms with van der Waals surface area (Å²) in [6.07, 6.45) is 2.17. The smallest absolute Gasteiger partial charge is 0.295 e. The third-order valence-electron chi connectivity index (χ3n) is 5.17. The van der Waals surface area contributed by atoms with Crippen LogP contribution in [0.4, 0.5) is 0 Å². The lowest BCUT2D eigenvalue weighted by atomic mass is 9.99. The van der Waals surface area contributed by atoms with Crippen LogP contribution in [-0.4, -0.2) is 67.0 Å². The van der Waals surface area contributed by atoms with Crippen LogP contribution in [0.2, 0.25) is 0 Å². The van der Waals surface area contributed by atoms with Gasteiger partial charge in [-0.2, -0.15) is 0 Å². The van der Waals surface area contributed by atoms with E-state index in [9.17, 15) is 14.7 Å². The second-order valence-corrected chi connectivity index (χ2v) is 7.52. The highest BCUT2D eigenvalue weighted by atomic mass is 16.6. The summed E-state index contributed by atoms with van der Waals surface area (Å²) in [5.41, 5.74) is 0.388. The van der Waals surface area contributed by atoms with Gasteiger partial charge in [-0.25, -0.2) is 0 Å². The Labute approximate surface area is 174 Å². The van der Waals surface area contributed by atoms with Crippen LogP contribution in [-0.2, 0) is 9.59 Å². The van der Waals surface area contributed by atoms with E-state index in [1.54, 1.807) is 30.3 Å². The van der Waals surface area contributed by atoms with Crippen LogP contribution in [0, 0.1) is 0 Å². The SMILES string of the molecule is CN(C)CCCN1C(=O)C(=O)/C(=C(/O)c2ccc3c(c2)OCCO3)[C@H]1c1ccco1. The van der Waals surface area contributed by atoms with Crippen molar-refractivity contribution in [2.45, 2.75) is 12.5 Å². The topological polar surface area (TPSA) is 92.5 Å². The van der Waals surface area contributed by atoms with Gasteiger partial charge in [-0.05, 0) is 57.4 Å². The largest absolute Gasteiger partial charge is 0.507 e. The van der Waals surface area contributed by atoms with Crippen LogP contribution in [0.5, 0.6) is 11.5 Å². The first-order valence-corrected chi connectivity index (χ1v) is 9.84. The number of aliphatic hydroxyl groups is 1. The lowest BCUT2D eigenvalue weighted by Crippen LogP contribution is -2.32. The molecule has 1 amide bonds. The van der Waals surface area contributed by atoms with Crippen molar-refractivity contribution in [3.8, 4) is 11.5 Å². The first-order valence-electron chi connectivity index (χ1n) is 9.84. The van der Waals surface area contributed by atoms with Gasteiger partial charge in [0.1, 0.15) is 30.8 Å². The first kappa shape index (κ1) is 20.0. The number of amides is 1. The lowest BCUT2D eigenvalue weighted by molar-refractivity contribution is -0.140. The molecule has 1 N–H and O–H groups in total. The van der Waals surface area contributed by atoms with E-state index >= 15 is 0 Å². The van der Waals surface area contributed by atoms with Gasteiger partial charge >= 0.3 is 0 Å². The van der Waals surface area contributed by atoms with Gasteiger partial charge in [0.25, 0.3) is 11.7 Å². The maximum absolute atomic E-state index is 12.9. The molecule has 2 aromatic rings. The Morgan fingerprint density at radius 1 is 1.17 bits per heavy atom. The Hall–Kier alpha value is -3.26. The van der Waals surface area contributed by atoms with Gasteiger partial charge in [-0.1, -0.05) is 0 Å². The summed E-state index contributed by atoms with van der Waals surface area (Å²) in [4.78, 5) is 29.2. The maximum Gasteiger partial charge on any atom is 0.295 e. The van der Waals surface area contributed by atoms with E-state index in [1.165, 1.54) is 11.2 Å². The molecule has 4 rings (SSSR count). The standard InChI is InChI=1S/C22H24N2O6/c1-23(2)8-4-9-24-19(16-5-3-10-28-16)18(21(26)22(24)27)20(25)14-6-7-15-17(13-14)30-12-11-29-15/h3,5-7,10,13,19,25H,4,8-9,11-12H2,1-2H3/b20-18+/t19-/m1/s1. The molecule has 1 atom stereocenters. The molecule has 8 heteroatoms. The van der Waals surface area contributed by atoms with Crippen molar-refractivity contribution in [3.05, 3.63) is 53.5 Å². The molecule has 1 aromatic heterocycles. The van der Waals surface area contributed by atoms with Crippen molar-refractivity contribution in [2.75, 3.05) is 40.4 Å². The zero-order valence-electron chi connectivity index (χ0n) is 17.0. The number of carbonyl (C=O) groups is 2. The van der Waals surface area contributed by atoms with Crippen LogP contribution in [0.15, 0.2) is 46.6 Å². The Balaban J connectivity index is 1.74. The Kier molecular flexibility index (Phi) is 5.50. The molecule has 3 heterocycles. The number of Topliss-reactive ketones (excluding diaryl/α,β-unsaturated/α-hetero) is 1. The highest BCUT2D eigenvalue weighted by Gasteiger charge is 2.47. The highest BCUT2D eigenvalue weighted by molar-refractivity contribution is 6.46. The van der Waals surface area contributed by atoms with Crippen molar-refractivity contribution in [1.29, 1.82) is 0 Å². The van der Waals surface area contributed by atoms with E-state index in [0.717, 1.165) is 6.54 Å². The molecule has 158 valence electrons. The molecule has 0 spiro atoms. The van der Waals surface area contributed by atoms with Crippen molar-refractivity contribution in [2.24, 2.45) is 0 Å². The number of ketones is 1. The minimum atomic E-state index is -0.782. The maximum atomic E-state index is 12.9. The zero-order chi connectivity index (χ0) is 21.3. The number of hydrogen-bond donors (Lipinski definition) is 1. The molecular formula is C22H24N2O6. The van der Waals surface area contributed by atoms with Crippen LogP contribution >= 0.6 is 0 Å². The van der Waals surface area contributed by atoms with Crippen molar-refractivity contribution in [1.82, 2.24) is 9.80 Å². The fraction of sp³-hybridized carbons (Fsp3) is 0.364. The highest BCUT2D eigenvalue weighted by Crippen LogP contribution is 2.41. The van der Waals surface area contributed by atoms with Crippen LogP contribution in [0.3, 0.4) is 0 Å². The number of rotatable bonds is 6. The molecule has 0 bridgehead atoms. The Morgan fingerprint density at radius 3 is 2.63 bits per heavy atom. The van der Waals surface area contributed by atoms with Crippen LogP contribution < -0.4 is 9.47 Å². The number of fused-ring (bicyclic) bond motifs is 1. The van der Waals surface area contributed by atoms with Crippen LogP contribution in [0.25, 0.3) is 5.76 Å². The summed E-state index contributed by atoms with van der Waals surface area (Å²) in [6.45, 7) is 1.98. The fourth-order valence-corrected chi connectivity index (χ4v) is 3.76. The van der Waals surface area contributed by atoms with Crippen molar-refractivity contribution >= 4 is 17.4 Å². The second kappa shape index (κ2) is 8.23. The van der Waals surface area contributed by atoms with Gasteiger partial charge in [0.15, 0.2) is 11.5 Å². The summed E-state index contributed by atoms with van der Waals surface area (Å²) < 4.78 is 16.6. The number of ether oxygens (including phenoxy) is 2. The fourth-order valence-electron chi connectivity index (χ4n) is 3.76. The molecule has 1 aromatic carbocycles. The average molecular weight is 412 g/mol. The van der Waals surface area contributed by atoms with E-state index in [2.05, 4.69) is 0 Å². The predicted molar refractivity (Wildman–Crippen MR) is 108 cm³/mol. The summed E-state index contributed by atoms with van der Waals surface area (Å²) in [5, 5.41) is 11.0. The number of aliphatic hydroxyl groups excluding tert-OH is 1. The normalized spacial score (nSPS) is 20.2. The number of likely N-dealkylation sites (tertiary alicyclic amines) is 1. The summed E-state index contributed by atoms with van der Waals surface area (Å²) in [6, 6.07) is 7.55. The van der Waals surface area contributed by atoms with Crippen molar-refractivity contribution < 1.29 is 28.6 Å². The molecule has 30 heavy (non-hydrogen) atoms. The molecule has 0 aliphatic carbocycles. The van der Waals surface area contributed by atoms with Gasteiger partial charge in [-0.15, -0.1) is 0 Å². The van der Waals surface area contributed by atoms with Gasteiger partial charge in [-0.3, -0.25) is 9.59 Å². The van der Waals surface area contributed by atoms with Gasteiger partial charge in [0, 0.05) is 12.1 Å². The number of hydrogen-bond acceptors (Lipinski definition) is 7. The van der Waals surface area contributed by atoms with E-state index in [4.69, 9.17) is 13.9 Å². The number of carbonyl (C=O) groups excluding carboxylic acids is 2. The average Bonchev–Trinajstić information content (AvgIpc) is 3.35. The molecule has 1 fully saturated rings. The minimum Gasteiger partial charge on any atom is -0.507 e. The molecule has 0 unspecified atom stereocenters.